The summed E-state index contributed by atoms with van der Waals surface area (Å²) in [5.74, 6) is 0.599. The predicted molar refractivity (Wildman–Crippen MR) is 39.9 cm³/mol. The molecule has 0 radical (unpaired) electrons. The van der Waals surface area contributed by atoms with Gasteiger partial charge in [0.2, 0.25) is 0 Å². The molecule has 0 aromatic rings. The highest BCUT2D eigenvalue weighted by Gasteiger charge is 2.06. The molecule has 0 aliphatic rings. The van der Waals surface area contributed by atoms with Crippen LogP contribution in [0.5, 0.6) is 0 Å². The largest absolute Gasteiger partial charge is 0.304 e. The molecule has 1 atom stereocenters. The standard InChI is InChI=1S/C6H17N3/c1-5(2)6(7-3)9-8-4/h5-9H,1-4H3. The van der Waals surface area contributed by atoms with Crippen LogP contribution in [0.25, 0.3) is 0 Å². The molecule has 0 aliphatic heterocycles. The van der Waals surface area contributed by atoms with E-state index in [1.165, 1.54) is 0 Å². The second-order valence-corrected chi connectivity index (χ2v) is 2.40. The third-order valence-corrected chi connectivity index (χ3v) is 1.28. The Morgan fingerprint density at radius 3 is 1.78 bits per heavy atom. The van der Waals surface area contributed by atoms with E-state index in [2.05, 4.69) is 30.0 Å². The van der Waals surface area contributed by atoms with Gasteiger partial charge in [0.1, 0.15) is 0 Å². The first-order chi connectivity index (χ1) is 4.22. The molecule has 9 heavy (non-hydrogen) atoms. The highest BCUT2D eigenvalue weighted by atomic mass is 15.4. The molecule has 0 amide bonds. The van der Waals surface area contributed by atoms with E-state index in [0.29, 0.717) is 12.1 Å². The minimum Gasteiger partial charge on any atom is -0.304 e. The van der Waals surface area contributed by atoms with Crippen molar-refractivity contribution in [1.29, 1.82) is 0 Å². The van der Waals surface area contributed by atoms with Crippen LogP contribution in [0, 0.1) is 5.92 Å². The zero-order chi connectivity index (χ0) is 7.28. The van der Waals surface area contributed by atoms with Gasteiger partial charge in [-0.1, -0.05) is 13.8 Å². The van der Waals surface area contributed by atoms with Crippen LogP contribution in [0.4, 0.5) is 0 Å². The summed E-state index contributed by atoms with van der Waals surface area (Å²) < 4.78 is 0. The molecule has 0 bridgehead atoms. The monoisotopic (exact) mass is 131 g/mol. The van der Waals surface area contributed by atoms with Gasteiger partial charge in [0.15, 0.2) is 0 Å². The Bertz CT molecular complexity index is 63.3. The normalized spacial score (nSPS) is 14.3. The van der Waals surface area contributed by atoms with Gasteiger partial charge in [-0.15, -0.1) is 0 Å². The average Bonchev–Trinajstić information content (AvgIpc) is 1.82. The number of hydrogen-bond acceptors (Lipinski definition) is 3. The van der Waals surface area contributed by atoms with E-state index in [-0.39, 0.29) is 0 Å². The number of nitrogens with one attached hydrogen (secondary N) is 3. The molecular weight excluding hydrogens is 114 g/mol. The van der Waals surface area contributed by atoms with Crippen molar-refractivity contribution < 1.29 is 0 Å². The van der Waals surface area contributed by atoms with Gasteiger partial charge >= 0.3 is 0 Å². The summed E-state index contributed by atoms with van der Waals surface area (Å²) in [5, 5.41) is 3.13. The van der Waals surface area contributed by atoms with Gasteiger partial charge < -0.3 is 5.32 Å². The summed E-state index contributed by atoms with van der Waals surface area (Å²) in [6.07, 6.45) is 0.356. The minimum atomic E-state index is 0.356. The zero-order valence-electron chi connectivity index (χ0n) is 6.65. The molecule has 3 heteroatoms. The van der Waals surface area contributed by atoms with Crippen molar-refractivity contribution in [1.82, 2.24) is 16.2 Å². The van der Waals surface area contributed by atoms with Crippen molar-refractivity contribution >= 4 is 0 Å². The summed E-state index contributed by atoms with van der Waals surface area (Å²) in [5.41, 5.74) is 5.96. The lowest BCUT2D eigenvalue weighted by Gasteiger charge is -2.20. The van der Waals surface area contributed by atoms with Crippen LogP contribution in [-0.4, -0.2) is 20.3 Å². The molecule has 0 saturated heterocycles. The molecule has 56 valence electrons. The average molecular weight is 131 g/mol. The fourth-order valence-electron chi connectivity index (χ4n) is 0.728. The third kappa shape index (κ3) is 3.46. The highest BCUT2D eigenvalue weighted by molar-refractivity contribution is 4.61. The Kier molecular flexibility index (Phi) is 4.67. The summed E-state index contributed by atoms with van der Waals surface area (Å²) in [7, 11) is 3.81. The number of hydrogen-bond donors (Lipinski definition) is 3. The van der Waals surface area contributed by atoms with Crippen LogP contribution >= 0.6 is 0 Å². The molecule has 3 nitrogen and oxygen atoms in total. The van der Waals surface area contributed by atoms with Crippen molar-refractivity contribution in [3.63, 3.8) is 0 Å². The van der Waals surface area contributed by atoms with Crippen LogP contribution in [0.3, 0.4) is 0 Å². The van der Waals surface area contributed by atoms with E-state index in [1.54, 1.807) is 0 Å². The Morgan fingerprint density at radius 1 is 1.11 bits per heavy atom. The highest BCUT2D eigenvalue weighted by Crippen LogP contribution is 1.94. The van der Waals surface area contributed by atoms with Gasteiger partial charge in [-0.05, 0) is 20.0 Å². The van der Waals surface area contributed by atoms with Crippen LogP contribution in [0.1, 0.15) is 13.8 Å². The lowest BCUT2D eigenvalue weighted by atomic mass is 10.2. The maximum atomic E-state index is 3.13. The van der Waals surface area contributed by atoms with Crippen LogP contribution < -0.4 is 16.2 Å². The Labute approximate surface area is 57.2 Å². The fraction of sp³-hybridized carbons (Fsp3) is 1.00. The van der Waals surface area contributed by atoms with Gasteiger partial charge in [-0.25, -0.2) is 5.43 Å². The Hall–Kier alpha value is -0.120. The van der Waals surface area contributed by atoms with Crippen molar-refractivity contribution in [2.45, 2.75) is 20.0 Å². The smallest absolute Gasteiger partial charge is 0.0724 e. The van der Waals surface area contributed by atoms with Crippen LogP contribution in [0.15, 0.2) is 0 Å². The van der Waals surface area contributed by atoms with E-state index in [0.717, 1.165) is 0 Å². The van der Waals surface area contributed by atoms with Crippen LogP contribution in [0.2, 0.25) is 0 Å². The van der Waals surface area contributed by atoms with Gasteiger partial charge in [0, 0.05) is 0 Å². The molecule has 0 aromatic carbocycles. The van der Waals surface area contributed by atoms with Gasteiger partial charge in [-0.3, -0.25) is 5.43 Å². The first-order valence-corrected chi connectivity index (χ1v) is 3.32. The lowest BCUT2D eigenvalue weighted by Crippen LogP contribution is -2.49. The summed E-state index contributed by atoms with van der Waals surface area (Å²) in [4.78, 5) is 0. The Balaban J connectivity index is 3.41. The maximum Gasteiger partial charge on any atom is 0.0724 e. The molecule has 0 fully saturated rings. The quantitative estimate of drug-likeness (QED) is 0.369. The lowest BCUT2D eigenvalue weighted by molar-refractivity contribution is 0.326. The molecule has 0 saturated carbocycles. The molecule has 0 spiro atoms. The van der Waals surface area contributed by atoms with E-state index in [4.69, 9.17) is 0 Å². The van der Waals surface area contributed by atoms with Gasteiger partial charge in [0.25, 0.3) is 0 Å². The Morgan fingerprint density at radius 2 is 1.67 bits per heavy atom. The van der Waals surface area contributed by atoms with E-state index in [9.17, 15) is 0 Å². The molecule has 0 rings (SSSR count). The van der Waals surface area contributed by atoms with Crippen LogP contribution in [-0.2, 0) is 0 Å². The minimum absolute atomic E-state index is 0.356. The topological polar surface area (TPSA) is 36.1 Å². The van der Waals surface area contributed by atoms with Crippen molar-refractivity contribution in [2.75, 3.05) is 14.1 Å². The first-order valence-electron chi connectivity index (χ1n) is 3.32. The molecule has 1 unspecified atom stereocenters. The molecule has 0 aliphatic carbocycles. The fourth-order valence-corrected chi connectivity index (χ4v) is 0.728. The predicted octanol–water partition coefficient (Wildman–Crippen LogP) is -0.0881. The number of hydrazine groups is 1. The first kappa shape index (κ1) is 8.88. The third-order valence-electron chi connectivity index (χ3n) is 1.28. The van der Waals surface area contributed by atoms with E-state index in [1.807, 2.05) is 14.1 Å². The SMILES string of the molecule is CNNC(NC)C(C)C. The number of rotatable bonds is 4. The zero-order valence-corrected chi connectivity index (χ0v) is 6.65. The van der Waals surface area contributed by atoms with Crippen molar-refractivity contribution in [3.05, 3.63) is 0 Å². The van der Waals surface area contributed by atoms with E-state index >= 15 is 0 Å². The van der Waals surface area contributed by atoms with Crippen molar-refractivity contribution in [2.24, 2.45) is 5.92 Å². The van der Waals surface area contributed by atoms with Crippen molar-refractivity contribution in [3.8, 4) is 0 Å². The summed E-state index contributed by atoms with van der Waals surface area (Å²) >= 11 is 0. The second-order valence-electron chi connectivity index (χ2n) is 2.40. The summed E-state index contributed by atoms with van der Waals surface area (Å²) in [6, 6.07) is 0. The maximum absolute atomic E-state index is 3.13. The molecule has 3 N–H and O–H groups in total. The van der Waals surface area contributed by atoms with Gasteiger partial charge in [-0.2, -0.15) is 0 Å². The molecular formula is C6H17N3. The summed E-state index contributed by atoms with van der Waals surface area (Å²) in [6.45, 7) is 4.32. The van der Waals surface area contributed by atoms with Gasteiger partial charge in [0.05, 0.1) is 6.17 Å². The molecule has 0 aromatic heterocycles. The second kappa shape index (κ2) is 4.73. The van der Waals surface area contributed by atoms with E-state index < -0.39 is 0 Å². The molecule has 0 heterocycles.